The number of nitrogens with one attached hydrogen (secondary N) is 1. The first-order valence-corrected chi connectivity index (χ1v) is 14.6. The molecule has 5 rings (SSSR count). The second-order valence-corrected chi connectivity index (χ2v) is 11.6. The highest BCUT2D eigenvalue weighted by molar-refractivity contribution is 5.87. The van der Waals surface area contributed by atoms with Gasteiger partial charge < -0.3 is 10.2 Å². The van der Waals surface area contributed by atoms with Gasteiger partial charge in [-0.05, 0) is 74.5 Å². The van der Waals surface area contributed by atoms with Crippen molar-refractivity contribution in [2.24, 2.45) is 5.92 Å². The van der Waals surface area contributed by atoms with E-state index in [1.807, 2.05) is 49.5 Å². The molecule has 0 radical (unpaired) electrons. The lowest BCUT2D eigenvalue weighted by atomic mass is 9.82. The fourth-order valence-corrected chi connectivity index (χ4v) is 5.73. The average molecular weight is 550 g/mol. The molecule has 0 spiro atoms. The Bertz CT molecular complexity index is 1440. The summed E-state index contributed by atoms with van der Waals surface area (Å²) in [5.41, 5.74) is 7.23. The molecule has 212 valence electrons. The number of carbonyl (C=O) groups excluding carboxylic acids is 2. The van der Waals surface area contributed by atoms with E-state index >= 15 is 0 Å². The van der Waals surface area contributed by atoms with Crippen LogP contribution in [0.2, 0.25) is 0 Å². The van der Waals surface area contributed by atoms with Gasteiger partial charge in [0.1, 0.15) is 12.1 Å². The van der Waals surface area contributed by atoms with Gasteiger partial charge in [-0.15, -0.1) is 0 Å². The fourth-order valence-electron chi connectivity index (χ4n) is 5.73. The minimum absolute atomic E-state index is 0.0258. The predicted molar refractivity (Wildman–Crippen MR) is 162 cm³/mol. The van der Waals surface area contributed by atoms with E-state index in [2.05, 4.69) is 50.6 Å². The molecule has 0 atom stereocenters. The van der Waals surface area contributed by atoms with Crippen LogP contribution in [0.5, 0.6) is 0 Å². The first-order valence-electron chi connectivity index (χ1n) is 14.6. The number of hydrogen-bond acceptors (Lipinski definition) is 6. The number of Topliss-reactive ketones (excluding diaryl/α,β-unsaturated/α-hetero) is 1. The van der Waals surface area contributed by atoms with Crippen LogP contribution < -0.4 is 5.32 Å². The van der Waals surface area contributed by atoms with Crippen molar-refractivity contribution in [1.29, 1.82) is 0 Å². The van der Waals surface area contributed by atoms with Crippen LogP contribution in [0.1, 0.15) is 60.2 Å². The van der Waals surface area contributed by atoms with Gasteiger partial charge in [-0.3, -0.25) is 14.6 Å². The maximum absolute atomic E-state index is 13.0. The van der Waals surface area contributed by atoms with E-state index in [4.69, 9.17) is 0 Å². The summed E-state index contributed by atoms with van der Waals surface area (Å²) >= 11 is 0. The van der Waals surface area contributed by atoms with Gasteiger partial charge in [0.25, 0.3) is 0 Å². The molecule has 1 saturated carbocycles. The van der Waals surface area contributed by atoms with Gasteiger partial charge in [-0.25, -0.2) is 9.97 Å². The molecule has 0 bridgehead atoms. The van der Waals surface area contributed by atoms with Crippen LogP contribution in [0.3, 0.4) is 0 Å². The highest BCUT2D eigenvalue weighted by atomic mass is 16.1. The molecule has 1 amide bonds. The summed E-state index contributed by atoms with van der Waals surface area (Å²) in [7, 11) is 3.95. The minimum Gasteiger partial charge on any atom is -0.350 e. The van der Waals surface area contributed by atoms with Crippen molar-refractivity contribution in [2.45, 2.75) is 57.4 Å². The van der Waals surface area contributed by atoms with Crippen molar-refractivity contribution in [2.75, 3.05) is 20.6 Å². The van der Waals surface area contributed by atoms with Gasteiger partial charge in [0, 0.05) is 61.8 Å². The Kier molecular flexibility index (Phi) is 9.47. The molecule has 0 unspecified atom stereocenters. The summed E-state index contributed by atoms with van der Waals surface area (Å²) in [4.78, 5) is 40.7. The number of aromatic nitrogens is 3. The topological polar surface area (TPSA) is 88.1 Å². The molecule has 1 N–H and O–H groups in total. The molecule has 7 nitrogen and oxygen atoms in total. The molecule has 1 aromatic carbocycles. The zero-order chi connectivity index (χ0) is 28.6. The lowest BCUT2D eigenvalue weighted by molar-refractivity contribution is -0.120. The summed E-state index contributed by atoms with van der Waals surface area (Å²) < 4.78 is 0. The van der Waals surface area contributed by atoms with Gasteiger partial charge >= 0.3 is 0 Å². The number of rotatable bonds is 11. The van der Waals surface area contributed by atoms with Crippen molar-refractivity contribution in [3.05, 3.63) is 95.2 Å². The van der Waals surface area contributed by atoms with Crippen LogP contribution in [0.15, 0.2) is 67.2 Å². The van der Waals surface area contributed by atoms with Gasteiger partial charge in [0.05, 0.1) is 11.4 Å². The number of ketones is 1. The van der Waals surface area contributed by atoms with Crippen LogP contribution in [0, 0.1) is 5.92 Å². The average Bonchev–Trinajstić information content (AvgIpc) is 3.42. The number of likely N-dealkylation sites (N-methyl/N-ethyl adjacent to an activating group) is 1. The van der Waals surface area contributed by atoms with Gasteiger partial charge in [-0.1, -0.05) is 42.5 Å². The maximum Gasteiger partial charge on any atom is 0.243 e. The summed E-state index contributed by atoms with van der Waals surface area (Å²) in [5, 5.41) is 3.11. The van der Waals surface area contributed by atoms with Crippen molar-refractivity contribution in [3.63, 3.8) is 0 Å². The van der Waals surface area contributed by atoms with Crippen LogP contribution in [-0.2, 0) is 28.9 Å². The summed E-state index contributed by atoms with van der Waals surface area (Å²) in [6.45, 7) is 0.748. The number of pyridine rings is 1. The summed E-state index contributed by atoms with van der Waals surface area (Å²) in [6, 6.07) is 12.6. The second kappa shape index (κ2) is 13.6. The number of amides is 1. The van der Waals surface area contributed by atoms with E-state index in [1.54, 1.807) is 12.4 Å². The number of hydrogen-bond donors (Lipinski definition) is 1. The van der Waals surface area contributed by atoms with Crippen LogP contribution in [-0.4, -0.2) is 58.2 Å². The molecule has 7 heteroatoms. The number of fused-ring (bicyclic) bond motifs is 1. The molecule has 0 aliphatic heterocycles. The maximum atomic E-state index is 13.0. The molecular formula is C34H39N5O2. The SMILES string of the molecule is CN(C)C/C=C/C(=O)NC1CCC(CC(=O)Cc2cccc(Cc3cc(-c4cnc5c(c4)C=CC5)ncn3)c2)CC1. The summed E-state index contributed by atoms with van der Waals surface area (Å²) in [6.07, 6.45) is 17.7. The van der Waals surface area contributed by atoms with Crippen LogP contribution in [0.25, 0.3) is 17.3 Å². The first-order chi connectivity index (χ1) is 19.9. The van der Waals surface area contributed by atoms with E-state index in [9.17, 15) is 9.59 Å². The normalized spacial score (nSPS) is 18.1. The van der Waals surface area contributed by atoms with Crippen LogP contribution in [0.4, 0.5) is 0 Å². The number of allylic oxidation sites excluding steroid dienone is 1. The highest BCUT2D eigenvalue weighted by Gasteiger charge is 2.24. The molecule has 41 heavy (non-hydrogen) atoms. The number of benzene rings is 1. The van der Waals surface area contributed by atoms with Crippen LogP contribution >= 0.6 is 0 Å². The quantitative estimate of drug-likeness (QED) is 0.339. The minimum atomic E-state index is -0.0258. The molecule has 2 aromatic heterocycles. The summed E-state index contributed by atoms with van der Waals surface area (Å²) in [5.74, 6) is 0.651. The molecule has 2 aliphatic rings. The lowest BCUT2D eigenvalue weighted by Gasteiger charge is -2.28. The third-order valence-electron chi connectivity index (χ3n) is 7.86. The van der Waals surface area contributed by atoms with Gasteiger partial charge in [0.15, 0.2) is 0 Å². The Morgan fingerprint density at radius 1 is 1.02 bits per heavy atom. The zero-order valence-electron chi connectivity index (χ0n) is 24.1. The Hall–Kier alpha value is -3.97. The first kappa shape index (κ1) is 28.6. The van der Waals surface area contributed by atoms with E-state index in [1.165, 1.54) is 0 Å². The van der Waals surface area contributed by atoms with E-state index in [0.717, 1.165) is 78.0 Å². The Balaban J connectivity index is 1.10. The highest BCUT2D eigenvalue weighted by Crippen LogP contribution is 2.28. The van der Waals surface area contributed by atoms with E-state index in [0.29, 0.717) is 25.2 Å². The molecule has 2 heterocycles. The molecule has 3 aromatic rings. The molecular weight excluding hydrogens is 510 g/mol. The van der Waals surface area contributed by atoms with Crippen molar-refractivity contribution < 1.29 is 9.59 Å². The Morgan fingerprint density at radius 3 is 2.68 bits per heavy atom. The molecule has 1 fully saturated rings. The van der Waals surface area contributed by atoms with Crippen molar-refractivity contribution >= 4 is 17.8 Å². The lowest BCUT2D eigenvalue weighted by Crippen LogP contribution is -2.37. The smallest absolute Gasteiger partial charge is 0.243 e. The third kappa shape index (κ3) is 8.27. The number of carbonyl (C=O) groups is 2. The molecule has 0 saturated heterocycles. The zero-order valence-corrected chi connectivity index (χ0v) is 24.1. The largest absolute Gasteiger partial charge is 0.350 e. The Labute approximate surface area is 242 Å². The van der Waals surface area contributed by atoms with Gasteiger partial charge in [-0.2, -0.15) is 0 Å². The predicted octanol–water partition coefficient (Wildman–Crippen LogP) is 4.99. The van der Waals surface area contributed by atoms with E-state index < -0.39 is 0 Å². The van der Waals surface area contributed by atoms with Crippen molar-refractivity contribution in [3.8, 4) is 11.3 Å². The third-order valence-corrected chi connectivity index (χ3v) is 7.86. The Morgan fingerprint density at radius 2 is 1.85 bits per heavy atom. The van der Waals surface area contributed by atoms with Gasteiger partial charge in [0.2, 0.25) is 5.91 Å². The van der Waals surface area contributed by atoms with E-state index in [-0.39, 0.29) is 17.7 Å². The fraction of sp³-hybridized carbons (Fsp3) is 0.382. The molecule has 2 aliphatic carbocycles. The number of nitrogens with zero attached hydrogens (tertiary/aromatic N) is 4. The standard InChI is InChI=1S/C34H39N5O2/c1-39(2)15-5-10-34(41)38-29-13-11-24(12-14-29)18-31(40)19-26-7-3-6-25(16-26)17-30-21-33(37-23-36-30)28-20-27-8-4-9-32(27)35-22-28/h3-8,10,16,20-24,29H,9,11-15,17-19H2,1-2H3,(H,38,41)/b10-5+. The van der Waals surface area contributed by atoms with Crippen molar-refractivity contribution in [1.82, 2.24) is 25.2 Å². The second-order valence-electron chi connectivity index (χ2n) is 11.6. The monoisotopic (exact) mass is 549 g/mol.